The van der Waals surface area contributed by atoms with Gasteiger partial charge in [-0.2, -0.15) is 14.7 Å². The molecule has 8 heterocycles. The first-order valence-corrected chi connectivity index (χ1v) is 29.2. The SMILES string of the molecule is CC1(O)CN(c2cc(Cl)nc3cc([C@@H]4CCCCN4C(=O)c4cc(Cl)ccc4NS(C)(=O)=O)nn23)C1.CC1(O)CNC1.Cc1c(Cl)nc2cc([C@@H]3CCCCN3C(=O)c3cc(Cl)ccc3NS(C)(=O)=O)nn2c1Cl.Cl. The van der Waals surface area contributed by atoms with Crippen molar-refractivity contribution in [3.8, 4) is 0 Å². The standard InChI is InChI=1S/C23H26Cl2N6O4S.C20H20Cl3N5O3S.C4H9NO.ClH/c1-23(33)12-29(13-23)21-11-19(25)26-20-10-17(27-31(20)21)18-5-3-4-8-30(18)22(32)15-9-14(24)6-7-16(15)28-36(2,34)35;1-11-18(22)24-17-10-15(25-28(17)19(11)23)16-5-3-4-8-27(16)20(29)13-9-12(21)6-7-14(13)26-32(2,30)31;1-4(6)2-5-3-4;/h6-7,9-11,18,28,33H,3-5,8,12-13H2,1-2H3;6-7,9-10,16,26H,3-5,8H2,1-2H3;5-6H,2-3H2,1H3;1H/t18-;16-;;/m00../s1. The van der Waals surface area contributed by atoms with Gasteiger partial charge in [-0.25, -0.2) is 31.3 Å². The number of fused-ring (bicyclic) bond motifs is 2. The highest BCUT2D eigenvalue weighted by atomic mass is 35.5. The lowest BCUT2D eigenvalue weighted by atomic mass is 9.97. The van der Waals surface area contributed by atoms with E-state index in [2.05, 4.69) is 29.8 Å². The number of likely N-dealkylation sites (tertiary alicyclic amines) is 2. The second-order valence-corrected chi connectivity index (χ2v) is 25.0. The molecule has 28 heteroatoms. The van der Waals surface area contributed by atoms with Crippen LogP contribution in [0.25, 0.3) is 11.3 Å². The van der Waals surface area contributed by atoms with E-state index in [0.717, 1.165) is 51.3 Å². The monoisotopic (exact) mass is 1190 g/mol. The number of hydrogen-bond acceptors (Lipinski definition) is 14. The van der Waals surface area contributed by atoms with E-state index in [4.69, 9.17) is 68.2 Å². The molecule has 0 bridgehead atoms. The average molecular weight is 1190 g/mol. The zero-order valence-electron chi connectivity index (χ0n) is 41.3. The number of amides is 2. The molecule has 2 aromatic carbocycles. The number of piperidine rings is 2. The Morgan fingerprint density at radius 1 is 0.680 bits per heavy atom. The number of carbonyl (C=O) groups excluding carboxylic acids is 2. The van der Waals surface area contributed by atoms with Crippen LogP contribution in [0.1, 0.15) is 102 Å². The summed E-state index contributed by atoms with van der Waals surface area (Å²) in [6.45, 7) is 8.72. The van der Waals surface area contributed by atoms with Crippen LogP contribution in [0, 0.1) is 6.92 Å². The van der Waals surface area contributed by atoms with Crippen molar-refractivity contribution in [1.29, 1.82) is 0 Å². The molecule has 0 spiro atoms. The third-order valence-electron chi connectivity index (χ3n) is 12.7. The van der Waals surface area contributed by atoms with Crippen LogP contribution in [0.2, 0.25) is 25.5 Å². The summed E-state index contributed by atoms with van der Waals surface area (Å²) in [6, 6.07) is 13.6. The van der Waals surface area contributed by atoms with Crippen LogP contribution in [0.15, 0.2) is 54.6 Å². The Bertz CT molecular complexity index is 3370. The number of benzene rings is 2. The van der Waals surface area contributed by atoms with Crippen molar-refractivity contribution in [2.75, 3.05) is 66.1 Å². The third-order valence-corrected chi connectivity index (χ3v) is 15.4. The number of sulfonamides is 2. The molecule has 4 aromatic heterocycles. The molecule has 10 rings (SSSR count). The lowest BCUT2D eigenvalue weighted by Gasteiger charge is -2.45. The van der Waals surface area contributed by atoms with Gasteiger partial charge in [0.25, 0.3) is 11.8 Å². The average Bonchev–Trinajstić information content (AvgIpc) is 3.94. The molecule has 5 N–H and O–H groups in total. The van der Waals surface area contributed by atoms with Crippen molar-refractivity contribution in [2.45, 2.75) is 82.6 Å². The molecule has 406 valence electrons. The Labute approximate surface area is 465 Å². The molecule has 4 saturated heterocycles. The Hall–Kier alpha value is -4.46. The van der Waals surface area contributed by atoms with Gasteiger partial charge in [0, 0.05) is 73.1 Å². The molecular weight excluding hydrogens is 1140 g/mol. The van der Waals surface area contributed by atoms with Gasteiger partial charge in [0.2, 0.25) is 20.0 Å². The van der Waals surface area contributed by atoms with Gasteiger partial charge < -0.3 is 30.2 Å². The summed E-state index contributed by atoms with van der Waals surface area (Å²) >= 11 is 31.1. The Morgan fingerprint density at radius 3 is 1.56 bits per heavy atom. The maximum absolute atomic E-state index is 13.7. The van der Waals surface area contributed by atoms with Crippen LogP contribution in [-0.4, -0.2) is 141 Å². The molecule has 4 aliphatic rings. The topological polar surface area (TPSA) is 249 Å². The predicted octanol–water partition coefficient (Wildman–Crippen LogP) is 7.85. The van der Waals surface area contributed by atoms with E-state index in [1.165, 1.54) is 40.9 Å². The van der Waals surface area contributed by atoms with Gasteiger partial charge in [-0.05, 0) is 95.7 Å². The molecule has 0 aliphatic carbocycles. The number of hydrogen-bond donors (Lipinski definition) is 5. The number of aromatic nitrogens is 6. The minimum absolute atomic E-state index is 0. The van der Waals surface area contributed by atoms with E-state index in [0.29, 0.717) is 98.6 Å². The van der Waals surface area contributed by atoms with Crippen molar-refractivity contribution < 1.29 is 36.6 Å². The van der Waals surface area contributed by atoms with Crippen LogP contribution < -0.4 is 19.7 Å². The van der Waals surface area contributed by atoms with E-state index in [1.807, 2.05) is 17.9 Å². The van der Waals surface area contributed by atoms with Crippen LogP contribution in [0.4, 0.5) is 17.2 Å². The first kappa shape index (κ1) is 58.2. The number of β-amino-alcohol motifs (C(OH)–C–C–N with tert-alkyl or cyclic N) is 2. The van der Waals surface area contributed by atoms with Crippen LogP contribution in [0.5, 0.6) is 0 Å². The first-order chi connectivity index (χ1) is 34.7. The molecule has 75 heavy (non-hydrogen) atoms. The molecular formula is C47H56Cl6N12O8S2. The molecule has 6 aromatic rings. The minimum atomic E-state index is -3.60. The van der Waals surface area contributed by atoms with Gasteiger partial charge >= 0.3 is 0 Å². The second-order valence-electron chi connectivity index (χ2n) is 19.5. The summed E-state index contributed by atoms with van der Waals surface area (Å²) in [5.74, 6) is 0.0371. The predicted molar refractivity (Wildman–Crippen MR) is 294 cm³/mol. The Kier molecular flexibility index (Phi) is 17.7. The van der Waals surface area contributed by atoms with E-state index in [1.54, 1.807) is 40.3 Å². The number of anilines is 3. The highest BCUT2D eigenvalue weighted by Gasteiger charge is 2.39. The first-order valence-electron chi connectivity index (χ1n) is 23.5. The summed E-state index contributed by atoms with van der Waals surface area (Å²) < 4.78 is 55.4. The van der Waals surface area contributed by atoms with Crippen LogP contribution in [0.3, 0.4) is 0 Å². The molecule has 0 unspecified atom stereocenters. The largest absolute Gasteiger partial charge is 0.388 e. The van der Waals surface area contributed by atoms with Crippen molar-refractivity contribution in [3.05, 3.63) is 108 Å². The van der Waals surface area contributed by atoms with Crippen molar-refractivity contribution in [1.82, 2.24) is 44.3 Å². The summed E-state index contributed by atoms with van der Waals surface area (Å²) in [7, 11) is -7.19. The Balaban J connectivity index is 0.000000195. The number of carbonyl (C=O) groups is 2. The minimum Gasteiger partial charge on any atom is -0.388 e. The molecule has 4 fully saturated rings. The van der Waals surface area contributed by atoms with Crippen LogP contribution >= 0.6 is 70.4 Å². The summed E-state index contributed by atoms with van der Waals surface area (Å²) in [4.78, 5) is 41.4. The van der Waals surface area contributed by atoms with Gasteiger partial charge in [-0.3, -0.25) is 19.0 Å². The lowest BCUT2D eigenvalue weighted by Crippen LogP contribution is -2.60. The fraction of sp³-hybridized carbons (Fsp3) is 0.447. The van der Waals surface area contributed by atoms with E-state index in [9.17, 15) is 31.5 Å². The van der Waals surface area contributed by atoms with E-state index in [-0.39, 0.29) is 64.4 Å². The zero-order chi connectivity index (χ0) is 53.7. The zero-order valence-corrected chi connectivity index (χ0v) is 47.5. The maximum atomic E-state index is 13.7. The smallest absolute Gasteiger partial charge is 0.256 e. The van der Waals surface area contributed by atoms with Crippen molar-refractivity contribution in [3.63, 3.8) is 0 Å². The number of halogens is 6. The quantitative estimate of drug-likeness (QED) is 0.0866. The van der Waals surface area contributed by atoms with Crippen molar-refractivity contribution >= 4 is 131 Å². The number of aliphatic hydroxyl groups is 2. The van der Waals surface area contributed by atoms with Gasteiger partial charge in [0.05, 0.1) is 69.7 Å². The summed E-state index contributed by atoms with van der Waals surface area (Å²) in [5, 5.41) is 33.0. The Morgan fingerprint density at radius 2 is 1.13 bits per heavy atom. The third kappa shape index (κ3) is 13.8. The molecule has 20 nitrogen and oxygen atoms in total. The van der Waals surface area contributed by atoms with Gasteiger partial charge in [-0.1, -0.05) is 58.0 Å². The molecule has 2 amide bonds. The van der Waals surface area contributed by atoms with Crippen molar-refractivity contribution in [2.24, 2.45) is 0 Å². The second kappa shape index (κ2) is 22.9. The highest BCUT2D eigenvalue weighted by Crippen LogP contribution is 2.38. The van der Waals surface area contributed by atoms with E-state index < -0.39 is 25.6 Å². The normalized spacial score (nSPS) is 19.1. The van der Waals surface area contributed by atoms with Gasteiger partial charge in [0.1, 0.15) is 21.3 Å². The number of nitrogens with one attached hydrogen (secondary N) is 3. The fourth-order valence-corrected chi connectivity index (χ4v) is 11.3. The lowest BCUT2D eigenvalue weighted by molar-refractivity contribution is 0.00875. The number of rotatable bonds is 9. The fourth-order valence-electron chi connectivity index (χ4n) is 9.20. The summed E-state index contributed by atoms with van der Waals surface area (Å²) in [6.07, 6.45) is 6.87. The number of nitrogens with zero attached hydrogens (tertiary/aromatic N) is 9. The van der Waals surface area contributed by atoms with Gasteiger partial charge in [0.15, 0.2) is 11.3 Å². The molecule has 2 atom stereocenters. The summed E-state index contributed by atoms with van der Waals surface area (Å²) in [5.41, 5.74) is 2.46. The maximum Gasteiger partial charge on any atom is 0.256 e. The molecule has 4 aliphatic heterocycles. The van der Waals surface area contributed by atoms with Gasteiger partial charge in [-0.15, -0.1) is 12.4 Å². The molecule has 0 saturated carbocycles. The highest BCUT2D eigenvalue weighted by molar-refractivity contribution is 7.92. The van der Waals surface area contributed by atoms with Crippen LogP contribution in [-0.2, 0) is 20.0 Å². The van der Waals surface area contributed by atoms with E-state index >= 15 is 0 Å². The molecule has 0 radical (unpaired) electrons.